The Morgan fingerprint density at radius 2 is 1.83 bits per heavy atom. The second kappa shape index (κ2) is 9.95. The number of nitrogens with one attached hydrogen (secondary N) is 1. The van der Waals surface area contributed by atoms with Crippen LogP contribution in [0.3, 0.4) is 0 Å². The van der Waals surface area contributed by atoms with Crippen molar-refractivity contribution in [2.75, 3.05) is 26.1 Å². The van der Waals surface area contributed by atoms with Crippen LogP contribution in [-0.2, 0) is 4.79 Å². The predicted octanol–water partition coefficient (Wildman–Crippen LogP) is 5.73. The average molecular weight is 491 g/mol. The lowest BCUT2D eigenvalue weighted by atomic mass is 10.0. The molecule has 1 heterocycles. The van der Waals surface area contributed by atoms with Gasteiger partial charge in [0, 0.05) is 10.9 Å². The number of nitrogens with zero attached hydrogens (tertiary/aromatic N) is 1. The molecule has 6 nitrogen and oxygen atoms in total. The van der Waals surface area contributed by atoms with Crippen LogP contribution in [0.25, 0.3) is 11.3 Å². The summed E-state index contributed by atoms with van der Waals surface area (Å²) in [6.45, 7) is 4.14. The number of amides is 1. The summed E-state index contributed by atoms with van der Waals surface area (Å²) in [5.74, 6) is 2.04. The number of anilines is 1. The van der Waals surface area contributed by atoms with E-state index in [4.69, 9.17) is 14.2 Å². The topological polar surface area (TPSA) is 69.7 Å². The van der Waals surface area contributed by atoms with E-state index in [0.717, 1.165) is 15.7 Å². The molecule has 30 heavy (non-hydrogen) atoms. The molecular formula is C22H23BrN2O4S. The summed E-state index contributed by atoms with van der Waals surface area (Å²) in [4.78, 5) is 16.8. The Morgan fingerprint density at radius 1 is 1.10 bits per heavy atom. The van der Waals surface area contributed by atoms with Gasteiger partial charge in [0.2, 0.25) is 0 Å². The van der Waals surface area contributed by atoms with Gasteiger partial charge in [0.25, 0.3) is 5.91 Å². The molecule has 0 spiro atoms. The highest BCUT2D eigenvalue weighted by Gasteiger charge is 2.12. The Balaban J connectivity index is 1.61. The molecule has 1 aromatic heterocycles. The van der Waals surface area contributed by atoms with Crippen molar-refractivity contribution < 1.29 is 19.0 Å². The normalized spacial score (nSPS) is 10.7. The van der Waals surface area contributed by atoms with Crippen molar-refractivity contribution >= 4 is 38.3 Å². The van der Waals surface area contributed by atoms with E-state index in [9.17, 15) is 4.79 Å². The smallest absolute Gasteiger partial charge is 0.264 e. The molecule has 8 heteroatoms. The first kappa shape index (κ1) is 22.1. The lowest BCUT2D eigenvalue weighted by Gasteiger charge is -2.11. The van der Waals surface area contributed by atoms with Crippen LogP contribution < -0.4 is 19.5 Å². The summed E-state index contributed by atoms with van der Waals surface area (Å²) in [7, 11) is 3.18. The summed E-state index contributed by atoms with van der Waals surface area (Å²) < 4.78 is 17.1. The van der Waals surface area contributed by atoms with Crippen LogP contribution in [-0.4, -0.2) is 31.7 Å². The fraction of sp³-hybridized carbons (Fsp3) is 0.273. The fourth-order valence-electron chi connectivity index (χ4n) is 2.75. The molecule has 0 aliphatic carbocycles. The molecule has 3 rings (SSSR count). The first-order chi connectivity index (χ1) is 14.4. The molecule has 1 N–H and O–H groups in total. The molecule has 1 amide bonds. The van der Waals surface area contributed by atoms with Crippen molar-refractivity contribution in [1.29, 1.82) is 0 Å². The third-order valence-corrected chi connectivity index (χ3v) is 5.79. The number of hydrogen-bond acceptors (Lipinski definition) is 6. The number of hydrogen-bond donors (Lipinski definition) is 1. The third-order valence-electron chi connectivity index (χ3n) is 4.41. The van der Waals surface area contributed by atoms with E-state index in [1.165, 1.54) is 16.9 Å². The van der Waals surface area contributed by atoms with Crippen LogP contribution in [0.5, 0.6) is 17.2 Å². The van der Waals surface area contributed by atoms with E-state index < -0.39 is 0 Å². The Kier molecular flexibility index (Phi) is 7.33. The third kappa shape index (κ3) is 5.31. The van der Waals surface area contributed by atoms with E-state index in [1.807, 2.05) is 41.8 Å². The Bertz CT molecular complexity index is 1040. The van der Waals surface area contributed by atoms with Gasteiger partial charge in [0.05, 0.1) is 24.4 Å². The monoisotopic (exact) mass is 490 g/mol. The quantitative estimate of drug-likeness (QED) is 0.436. The van der Waals surface area contributed by atoms with Gasteiger partial charge < -0.3 is 14.2 Å². The largest absolute Gasteiger partial charge is 0.493 e. The van der Waals surface area contributed by atoms with E-state index in [2.05, 4.69) is 40.1 Å². The van der Waals surface area contributed by atoms with Crippen molar-refractivity contribution in [1.82, 2.24) is 4.98 Å². The lowest BCUT2D eigenvalue weighted by molar-refractivity contribution is -0.118. The minimum absolute atomic E-state index is 0.106. The molecule has 0 aliphatic heterocycles. The van der Waals surface area contributed by atoms with Gasteiger partial charge in [-0.1, -0.05) is 19.9 Å². The molecule has 0 aliphatic rings. The fourth-order valence-corrected chi connectivity index (χ4v) is 4.00. The maximum atomic E-state index is 12.3. The Hall–Kier alpha value is -2.58. The maximum Gasteiger partial charge on any atom is 0.264 e. The highest BCUT2D eigenvalue weighted by molar-refractivity contribution is 9.10. The SMILES string of the molecule is COc1ccc(-c2csc(NC(=O)COc3ccc(C(C)C)cc3Br)n2)cc1OC. The number of carbonyl (C=O) groups is 1. The predicted molar refractivity (Wildman–Crippen MR) is 123 cm³/mol. The van der Waals surface area contributed by atoms with Crippen molar-refractivity contribution in [2.45, 2.75) is 19.8 Å². The van der Waals surface area contributed by atoms with Gasteiger partial charge in [-0.3, -0.25) is 10.1 Å². The summed E-state index contributed by atoms with van der Waals surface area (Å²) in [6.07, 6.45) is 0. The van der Waals surface area contributed by atoms with Gasteiger partial charge in [0.1, 0.15) is 5.75 Å². The van der Waals surface area contributed by atoms with Crippen molar-refractivity contribution in [3.8, 4) is 28.5 Å². The molecule has 0 radical (unpaired) electrons. The minimum Gasteiger partial charge on any atom is -0.493 e. The lowest BCUT2D eigenvalue weighted by Crippen LogP contribution is -2.20. The van der Waals surface area contributed by atoms with Gasteiger partial charge in [-0.05, 0) is 57.7 Å². The van der Waals surface area contributed by atoms with Crippen LogP contribution in [0.1, 0.15) is 25.3 Å². The van der Waals surface area contributed by atoms with E-state index in [1.54, 1.807) is 14.2 Å². The molecule has 158 valence electrons. The zero-order valence-corrected chi connectivity index (χ0v) is 19.6. The number of thiazole rings is 1. The first-order valence-corrected chi connectivity index (χ1v) is 11.0. The van der Waals surface area contributed by atoms with Crippen LogP contribution in [0.15, 0.2) is 46.3 Å². The van der Waals surface area contributed by atoms with Gasteiger partial charge in [-0.25, -0.2) is 4.98 Å². The molecule has 0 saturated carbocycles. The molecule has 0 saturated heterocycles. The zero-order valence-electron chi connectivity index (χ0n) is 17.2. The number of aromatic nitrogens is 1. The van der Waals surface area contributed by atoms with Crippen molar-refractivity contribution in [3.05, 3.63) is 51.8 Å². The molecule has 0 fully saturated rings. The van der Waals surface area contributed by atoms with Crippen molar-refractivity contribution in [2.24, 2.45) is 0 Å². The molecule has 0 bridgehead atoms. The number of benzene rings is 2. The van der Waals surface area contributed by atoms with Crippen molar-refractivity contribution in [3.63, 3.8) is 0 Å². The molecule has 2 aromatic carbocycles. The summed E-state index contributed by atoms with van der Waals surface area (Å²) >= 11 is 4.84. The van der Waals surface area contributed by atoms with E-state index in [0.29, 0.717) is 28.3 Å². The van der Waals surface area contributed by atoms with Crippen LogP contribution in [0, 0.1) is 0 Å². The van der Waals surface area contributed by atoms with Gasteiger partial charge in [-0.2, -0.15) is 0 Å². The molecule has 0 unspecified atom stereocenters. The number of halogens is 1. The average Bonchev–Trinajstić information content (AvgIpc) is 3.20. The number of carbonyl (C=O) groups excluding carboxylic acids is 1. The van der Waals surface area contributed by atoms with Crippen LogP contribution in [0.2, 0.25) is 0 Å². The number of methoxy groups -OCH3 is 2. The highest BCUT2D eigenvalue weighted by atomic mass is 79.9. The van der Waals surface area contributed by atoms with Crippen LogP contribution in [0.4, 0.5) is 5.13 Å². The summed E-state index contributed by atoms with van der Waals surface area (Å²) in [6, 6.07) is 11.4. The Morgan fingerprint density at radius 3 is 2.50 bits per heavy atom. The molecule has 0 atom stereocenters. The van der Waals surface area contributed by atoms with Crippen LogP contribution >= 0.6 is 27.3 Å². The molecule has 3 aromatic rings. The van der Waals surface area contributed by atoms with Gasteiger partial charge in [-0.15, -0.1) is 11.3 Å². The highest BCUT2D eigenvalue weighted by Crippen LogP contribution is 2.33. The minimum atomic E-state index is -0.275. The van der Waals surface area contributed by atoms with E-state index in [-0.39, 0.29) is 12.5 Å². The second-order valence-electron chi connectivity index (χ2n) is 6.79. The summed E-state index contributed by atoms with van der Waals surface area (Å²) in [5.41, 5.74) is 2.81. The standard InChI is InChI=1S/C22H23BrN2O4S/c1-13(2)14-5-7-18(16(23)9-14)29-11-21(26)25-22-24-17(12-30-22)15-6-8-19(27-3)20(10-15)28-4/h5-10,12-13H,11H2,1-4H3,(H,24,25,26). The number of rotatable bonds is 8. The second-order valence-corrected chi connectivity index (χ2v) is 8.50. The zero-order chi connectivity index (χ0) is 21.7. The first-order valence-electron chi connectivity index (χ1n) is 9.31. The molecular weight excluding hydrogens is 468 g/mol. The number of ether oxygens (including phenoxy) is 3. The van der Waals surface area contributed by atoms with Gasteiger partial charge >= 0.3 is 0 Å². The van der Waals surface area contributed by atoms with E-state index >= 15 is 0 Å². The Labute approximate surface area is 188 Å². The maximum absolute atomic E-state index is 12.3. The van der Waals surface area contributed by atoms with Gasteiger partial charge in [0.15, 0.2) is 23.2 Å². The summed E-state index contributed by atoms with van der Waals surface area (Å²) in [5, 5.41) is 5.15.